The minimum atomic E-state index is -4.93. The fraction of sp³-hybridized carbons (Fsp3) is 0.429. The number of anilines is 1. The predicted octanol–water partition coefficient (Wildman–Crippen LogP) is 5.05. The molecule has 4 atom stereocenters. The summed E-state index contributed by atoms with van der Waals surface area (Å²) in [6, 6.07) is 3.84. The highest BCUT2D eigenvalue weighted by Crippen LogP contribution is 2.55. The molecular formula is C21H19F7N2O4. The normalized spacial score (nSPS) is 24.9. The Morgan fingerprint density at radius 3 is 2.50 bits per heavy atom. The number of methoxy groups -OCH3 is 1. The van der Waals surface area contributed by atoms with E-state index in [1.54, 1.807) is 0 Å². The molecule has 0 spiro atoms. The molecule has 34 heavy (non-hydrogen) atoms. The van der Waals surface area contributed by atoms with Crippen LogP contribution in [0.4, 0.5) is 36.4 Å². The second-order valence-corrected chi connectivity index (χ2v) is 7.69. The molecule has 1 amide bonds. The van der Waals surface area contributed by atoms with Gasteiger partial charge in [-0.25, -0.2) is 9.37 Å². The van der Waals surface area contributed by atoms with E-state index in [9.17, 15) is 35.5 Å². The van der Waals surface area contributed by atoms with E-state index in [1.807, 2.05) is 0 Å². The molecule has 2 aromatic rings. The molecule has 0 radical (unpaired) electrons. The topological polar surface area (TPSA) is 69.7 Å². The number of carbonyl (C=O) groups excluding carboxylic acids is 1. The molecule has 13 heteroatoms. The summed E-state index contributed by atoms with van der Waals surface area (Å²) in [6.07, 6.45) is -5.74. The van der Waals surface area contributed by atoms with E-state index in [0.29, 0.717) is 6.07 Å². The number of aromatic nitrogens is 1. The van der Waals surface area contributed by atoms with Crippen LogP contribution in [-0.4, -0.2) is 42.5 Å². The molecule has 2 heterocycles. The summed E-state index contributed by atoms with van der Waals surface area (Å²) >= 11 is 0. The maximum absolute atomic E-state index is 14.3. The van der Waals surface area contributed by atoms with Crippen LogP contribution in [0.5, 0.6) is 11.6 Å². The lowest BCUT2D eigenvalue weighted by Gasteiger charge is -2.32. The Bertz CT molecular complexity index is 1070. The number of alkyl halides is 5. The first kappa shape index (κ1) is 25.5. The summed E-state index contributed by atoms with van der Waals surface area (Å²) in [4.78, 5) is 16.5. The molecule has 1 N–H and O–H groups in total. The van der Waals surface area contributed by atoms with Gasteiger partial charge in [-0.1, -0.05) is 13.0 Å². The van der Waals surface area contributed by atoms with Crippen molar-refractivity contribution in [2.75, 3.05) is 12.4 Å². The van der Waals surface area contributed by atoms with Crippen LogP contribution in [0.25, 0.3) is 0 Å². The number of hydrogen-bond donors (Lipinski definition) is 1. The van der Waals surface area contributed by atoms with Crippen molar-refractivity contribution in [1.82, 2.24) is 4.98 Å². The van der Waals surface area contributed by atoms with E-state index in [2.05, 4.69) is 15.0 Å². The second kappa shape index (κ2) is 9.28. The van der Waals surface area contributed by atoms with Crippen LogP contribution < -0.4 is 14.8 Å². The molecule has 186 valence electrons. The Kier molecular flexibility index (Phi) is 6.97. The third kappa shape index (κ3) is 4.61. The summed E-state index contributed by atoms with van der Waals surface area (Å²) < 4.78 is 109. The summed E-state index contributed by atoms with van der Waals surface area (Å²) in [7, 11) is 1.00. The molecule has 1 saturated heterocycles. The van der Waals surface area contributed by atoms with Gasteiger partial charge in [-0.2, -0.15) is 26.3 Å². The molecule has 0 aliphatic carbocycles. The van der Waals surface area contributed by atoms with Crippen LogP contribution in [0.2, 0.25) is 0 Å². The van der Waals surface area contributed by atoms with Crippen molar-refractivity contribution in [3.05, 3.63) is 47.7 Å². The summed E-state index contributed by atoms with van der Waals surface area (Å²) in [6.45, 7) is -1.30. The number of hydrogen-bond acceptors (Lipinski definition) is 5. The Morgan fingerprint density at radius 1 is 1.24 bits per heavy atom. The van der Waals surface area contributed by atoms with Gasteiger partial charge >= 0.3 is 12.8 Å². The molecule has 1 aliphatic heterocycles. The molecule has 0 saturated carbocycles. The van der Waals surface area contributed by atoms with Gasteiger partial charge in [0, 0.05) is 35.3 Å². The Balaban J connectivity index is 2.03. The highest BCUT2D eigenvalue weighted by molar-refractivity contribution is 5.95. The van der Waals surface area contributed by atoms with E-state index >= 15 is 0 Å². The van der Waals surface area contributed by atoms with E-state index in [-0.39, 0.29) is 11.3 Å². The van der Waals surface area contributed by atoms with Gasteiger partial charge in [-0.3, -0.25) is 4.79 Å². The molecular weight excluding hydrogens is 477 g/mol. The first-order valence-corrected chi connectivity index (χ1v) is 9.78. The van der Waals surface area contributed by atoms with E-state index < -0.39 is 65.5 Å². The molecule has 1 aromatic carbocycles. The Morgan fingerprint density at radius 2 is 1.91 bits per heavy atom. The van der Waals surface area contributed by atoms with E-state index in [1.165, 1.54) is 6.07 Å². The predicted molar refractivity (Wildman–Crippen MR) is 104 cm³/mol. The fourth-order valence-corrected chi connectivity index (χ4v) is 3.90. The third-order valence-electron chi connectivity index (χ3n) is 5.78. The lowest BCUT2D eigenvalue weighted by atomic mass is 9.77. The van der Waals surface area contributed by atoms with Crippen molar-refractivity contribution >= 4 is 11.6 Å². The highest BCUT2D eigenvalue weighted by Gasteiger charge is 2.65. The number of rotatable bonds is 6. The van der Waals surface area contributed by atoms with Crippen molar-refractivity contribution < 1.29 is 49.7 Å². The number of ether oxygens (including phenoxy) is 3. The van der Waals surface area contributed by atoms with Gasteiger partial charge < -0.3 is 19.5 Å². The zero-order valence-corrected chi connectivity index (χ0v) is 17.9. The van der Waals surface area contributed by atoms with Crippen LogP contribution >= 0.6 is 0 Å². The minimum absolute atomic E-state index is 0.122. The van der Waals surface area contributed by atoms with Crippen LogP contribution in [-0.2, 0) is 9.53 Å². The molecule has 1 aliphatic rings. The monoisotopic (exact) mass is 496 g/mol. The zero-order valence-electron chi connectivity index (χ0n) is 17.9. The molecule has 0 bridgehead atoms. The van der Waals surface area contributed by atoms with E-state index in [0.717, 1.165) is 39.3 Å². The quantitative estimate of drug-likeness (QED) is 0.567. The van der Waals surface area contributed by atoms with Crippen LogP contribution in [0.1, 0.15) is 25.3 Å². The van der Waals surface area contributed by atoms with Gasteiger partial charge in [0.05, 0.1) is 7.11 Å². The molecule has 6 nitrogen and oxygen atoms in total. The van der Waals surface area contributed by atoms with Crippen molar-refractivity contribution in [2.45, 2.75) is 44.3 Å². The lowest BCUT2D eigenvalue weighted by molar-refractivity contribution is -0.272. The van der Waals surface area contributed by atoms with Crippen molar-refractivity contribution in [3.63, 3.8) is 0 Å². The number of benzene rings is 1. The summed E-state index contributed by atoms with van der Waals surface area (Å²) in [5.41, 5.74) is -3.17. The van der Waals surface area contributed by atoms with Crippen LogP contribution in [0.15, 0.2) is 30.5 Å². The first-order chi connectivity index (χ1) is 15.8. The maximum atomic E-state index is 14.3. The summed E-state index contributed by atoms with van der Waals surface area (Å²) in [5.74, 6) is -7.91. The standard InChI is InChI=1S/C21H19F7N2O4/c1-9-14(11-4-5-12(22)15(23)16(11)32-3)17(34-20(9,2)21(26,27)28)18(31)30-10-6-7-29-13(8-10)33-19(24)25/h4-9,14,17,19H,1-3H3,(H,29,30,31)/t9-,14-,17+,20+/m0/s1. The summed E-state index contributed by atoms with van der Waals surface area (Å²) in [5, 5.41) is 2.27. The fourth-order valence-electron chi connectivity index (χ4n) is 3.90. The van der Waals surface area contributed by atoms with Crippen molar-refractivity contribution in [1.29, 1.82) is 0 Å². The van der Waals surface area contributed by atoms with Gasteiger partial charge in [0.25, 0.3) is 5.91 Å². The van der Waals surface area contributed by atoms with E-state index in [4.69, 9.17) is 9.47 Å². The minimum Gasteiger partial charge on any atom is -0.493 e. The SMILES string of the molecule is COc1c([C@H]2[C@H](C(=O)Nc3ccnc(OC(F)F)c3)O[C@@](C)(C(F)(F)F)[C@H]2C)ccc(F)c1F. The number of halogens is 7. The van der Waals surface area contributed by atoms with Gasteiger partial charge in [-0.15, -0.1) is 0 Å². The largest absolute Gasteiger partial charge is 0.493 e. The Labute approximate surface area is 189 Å². The highest BCUT2D eigenvalue weighted by atomic mass is 19.4. The lowest BCUT2D eigenvalue weighted by Crippen LogP contribution is -2.47. The van der Waals surface area contributed by atoms with Crippen molar-refractivity contribution in [3.8, 4) is 11.6 Å². The molecule has 0 unspecified atom stereocenters. The molecule has 1 aromatic heterocycles. The smallest absolute Gasteiger partial charge is 0.417 e. The maximum Gasteiger partial charge on any atom is 0.417 e. The van der Waals surface area contributed by atoms with Crippen LogP contribution in [0, 0.1) is 17.6 Å². The number of pyridine rings is 1. The number of amides is 1. The first-order valence-electron chi connectivity index (χ1n) is 9.78. The molecule has 1 fully saturated rings. The average Bonchev–Trinajstić information content (AvgIpc) is 3.02. The third-order valence-corrected chi connectivity index (χ3v) is 5.78. The van der Waals surface area contributed by atoms with Crippen LogP contribution in [0.3, 0.4) is 0 Å². The zero-order chi connectivity index (χ0) is 25.4. The average molecular weight is 496 g/mol. The van der Waals surface area contributed by atoms with Gasteiger partial charge in [-0.05, 0) is 19.1 Å². The van der Waals surface area contributed by atoms with Gasteiger partial charge in [0.2, 0.25) is 11.7 Å². The molecule has 3 rings (SSSR count). The number of nitrogens with one attached hydrogen (secondary N) is 1. The number of carbonyl (C=O) groups is 1. The van der Waals surface area contributed by atoms with Crippen molar-refractivity contribution in [2.24, 2.45) is 5.92 Å². The second-order valence-electron chi connectivity index (χ2n) is 7.69. The number of nitrogens with zero attached hydrogens (tertiary/aromatic N) is 1. The van der Waals surface area contributed by atoms with Gasteiger partial charge in [0.15, 0.2) is 17.2 Å². The van der Waals surface area contributed by atoms with Gasteiger partial charge in [0.1, 0.15) is 6.10 Å². The Hall–Kier alpha value is -3.09.